The Labute approximate surface area is 160 Å². The van der Waals surface area contributed by atoms with Crippen molar-refractivity contribution in [1.29, 1.82) is 5.26 Å². The second-order valence-corrected chi connectivity index (χ2v) is 6.44. The van der Waals surface area contributed by atoms with Gasteiger partial charge in [0.25, 0.3) is 0 Å². The van der Waals surface area contributed by atoms with E-state index in [0.717, 1.165) is 12.0 Å². The van der Waals surface area contributed by atoms with Crippen LogP contribution in [-0.2, 0) is 11.2 Å². The summed E-state index contributed by atoms with van der Waals surface area (Å²) in [6.45, 7) is 0.618. The molecule has 0 aromatic carbocycles. The predicted octanol–water partition coefficient (Wildman–Crippen LogP) is 2.32. The highest BCUT2D eigenvalue weighted by molar-refractivity contribution is 8.06. The van der Waals surface area contributed by atoms with Gasteiger partial charge in [0.05, 0.1) is 10.7 Å². The predicted molar refractivity (Wildman–Crippen MR) is 102 cm³/mol. The van der Waals surface area contributed by atoms with Gasteiger partial charge in [-0.05, 0) is 24.1 Å². The van der Waals surface area contributed by atoms with Crippen molar-refractivity contribution in [1.82, 2.24) is 19.9 Å². The Morgan fingerprint density at radius 2 is 2.26 bits per heavy atom. The first-order valence-corrected chi connectivity index (χ1v) is 8.92. The average Bonchev–Trinajstić information content (AvgIpc) is 3.05. The SMILES string of the molecule is CN1C(C(=O)O)=CSC1=C(C#N)c1ccnc(NCCc2cccnc2)n1. The van der Waals surface area contributed by atoms with Crippen molar-refractivity contribution in [2.45, 2.75) is 6.42 Å². The summed E-state index contributed by atoms with van der Waals surface area (Å²) in [7, 11) is 1.61. The van der Waals surface area contributed by atoms with Crippen LogP contribution in [0.15, 0.2) is 52.9 Å². The van der Waals surface area contributed by atoms with Crippen LogP contribution in [0.25, 0.3) is 5.57 Å². The number of anilines is 1. The minimum absolute atomic E-state index is 0.117. The third-order valence-corrected chi connectivity index (χ3v) is 4.87. The molecule has 136 valence electrons. The molecular weight excluding hydrogens is 364 g/mol. The van der Waals surface area contributed by atoms with Crippen LogP contribution >= 0.6 is 11.8 Å². The molecule has 1 aliphatic rings. The van der Waals surface area contributed by atoms with Gasteiger partial charge < -0.3 is 15.3 Å². The zero-order valence-corrected chi connectivity index (χ0v) is 15.3. The second kappa shape index (κ2) is 8.33. The molecule has 0 saturated heterocycles. The summed E-state index contributed by atoms with van der Waals surface area (Å²) < 4.78 is 0. The lowest BCUT2D eigenvalue weighted by Gasteiger charge is -2.16. The van der Waals surface area contributed by atoms with E-state index in [-0.39, 0.29) is 5.70 Å². The number of aliphatic carboxylic acids is 1. The Balaban J connectivity index is 1.75. The maximum Gasteiger partial charge on any atom is 0.353 e. The minimum Gasteiger partial charge on any atom is -0.477 e. The van der Waals surface area contributed by atoms with Gasteiger partial charge in [-0.2, -0.15) is 5.26 Å². The van der Waals surface area contributed by atoms with Crippen LogP contribution in [0.3, 0.4) is 0 Å². The summed E-state index contributed by atoms with van der Waals surface area (Å²) in [5.41, 5.74) is 1.95. The number of carboxylic acids is 1. The summed E-state index contributed by atoms with van der Waals surface area (Å²) in [6, 6.07) is 7.63. The fraction of sp³-hybridized carbons (Fsp3) is 0.167. The highest BCUT2D eigenvalue weighted by atomic mass is 32.2. The first kappa shape index (κ1) is 18.4. The number of nitrogens with zero attached hydrogens (tertiary/aromatic N) is 5. The van der Waals surface area contributed by atoms with Crippen LogP contribution in [0.4, 0.5) is 5.95 Å². The van der Waals surface area contributed by atoms with E-state index in [4.69, 9.17) is 0 Å². The number of pyridine rings is 1. The van der Waals surface area contributed by atoms with Gasteiger partial charge in [0.15, 0.2) is 0 Å². The largest absolute Gasteiger partial charge is 0.477 e. The normalized spacial score (nSPS) is 15.1. The van der Waals surface area contributed by atoms with Crippen molar-refractivity contribution in [2.75, 3.05) is 18.9 Å². The van der Waals surface area contributed by atoms with Gasteiger partial charge in [0, 0.05) is 37.6 Å². The zero-order chi connectivity index (χ0) is 19.2. The first-order chi connectivity index (χ1) is 13.1. The number of hydrogen-bond donors (Lipinski definition) is 2. The maximum atomic E-state index is 11.2. The molecule has 0 aliphatic carbocycles. The Morgan fingerprint density at radius 3 is 2.93 bits per heavy atom. The summed E-state index contributed by atoms with van der Waals surface area (Å²) >= 11 is 1.19. The molecule has 3 heterocycles. The Hall–Kier alpha value is -3.38. The van der Waals surface area contributed by atoms with Gasteiger partial charge in [-0.25, -0.2) is 14.8 Å². The molecule has 9 heteroatoms. The van der Waals surface area contributed by atoms with Crippen molar-refractivity contribution in [2.24, 2.45) is 0 Å². The van der Waals surface area contributed by atoms with Crippen LogP contribution in [0.2, 0.25) is 0 Å². The number of aromatic nitrogens is 3. The molecule has 0 radical (unpaired) electrons. The monoisotopic (exact) mass is 380 g/mol. The smallest absolute Gasteiger partial charge is 0.353 e. The molecule has 2 N–H and O–H groups in total. The topological polar surface area (TPSA) is 115 Å². The van der Waals surface area contributed by atoms with Gasteiger partial charge in [-0.15, -0.1) is 0 Å². The molecule has 1 aliphatic heterocycles. The Bertz CT molecular complexity index is 952. The van der Waals surface area contributed by atoms with Crippen LogP contribution in [0, 0.1) is 11.3 Å². The molecule has 2 aromatic rings. The molecule has 0 fully saturated rings. The summed E-state index contributed by atoms with van der Waals surface area (Å²) in [5.74, 6) is -0.639. The van der Waals surface area contributed by atoms with E-state index in [1.54, 1.807) is 31.7 Å². The number of likely N-dealkylation sites (N-methyl/N-ethyl adjacent to an activating group) is 1. The lowest BCUT2D eigenvalue weighted by molar-refractivity contribution is -0.133. The van der Waals surface area contributed by atoms with E-state index < -0.39 is 5.97 Å². The third-order valence-electron chi connectivity index (χ3n) is 3.82. The van der Waals surface area contributed by atoms with Crippen LogP contribution in [-0.4, -0.2) is 44.5 Å². The van der Waals surface area contributed by atoms with Crippen molar-refractivity contribution >= 4 is 29.3 Å². The summed E-state index contributed by atoms with van der Waals surface area (Å²) in [5, 5.41) is 23.9. The number of rotatable bonds is 6. The molecule has 3 rings (SSSR count). The Morgan fingerprint density at radius 1 is 1.41 bits per heavy atom. The second-order valence-electron chi connectivity index (χ2n) is 5.58. The number of carbonyl (C=O) groups is 1. The van der Waals surface area contributed by atoms with Crippen LogP contribution in [0.5, 0.6) is 0 Å². The van der Waals surface area contributed by atoms with Crippen molar-refractivity contribution in [3.8, 4) is 6.07 Å². The number of nitriles is 1. The zero-order valence-electron chi connectivity index (χ0n) is 14.5. The number of carboxylic acid groups (broad SMARTS) is 1. The minimum atomic E-state index is -1.04. The molecule has 27 heavy (non-hydrogen) atoms. The fourth-order valence-corrected chi connectivity index (χ4v) is 3.47. The van der Waals surface area contributed by atoms with Gasteiger partial charge in [0.1, 0.15) is 17.3 Å². The molecule has 0 unspecified atom stereocenters. The highest BCUT2D eigenvalue weighted by Gasteiger charge is 2.27. The molecular formula is C18H16N6O2S. The van der Waals surface area contributed by atoms with E-state index in [0.29, 0.717) is 28.8 Å². The lowest BCUT2D eigenvalue weighted by atomic mass is 10.2. The highest BCUT2D eigenvalue weighted by Crippen LogP contribution is 2.37. The average molecular weight is 380 g/mol. The van der Waals surface area contributed by atoms with Crippen molar-refractivity contribution in [3.63, 3.8) is 0 Å². The van der Waals surface area contributed by atoms with Gasteiger partial charge in [-0.3, -0.25) is 4.98 Å². The van der Waals surface area contributed by atoms with Gasteiger partial charge in [-0.1, -0.05) is 17.8 Å². The number of thioether (sulfide) groups is 1. The molecule has 0 amide bonds. The molecule has 0 atom stereocenters. The van der Waals surface area contributed by atoms with E-state index >= 15 is 0 Å². The molecule has 2 aromatic heterocycles. The van der Waals surface area contributed by atoms with Crippen molar-refractivity contribution in [3.05, 3.63) is 64.2 Å². The van der Waals surface area contributed by atoms with Gasteiger partial charge in [0.2, 0.25) is 5.95 Å². The van der Waals surface area contributed by atoms with E-state index in [9.17, 15) is 15.2 Å². The first-order valence-electron chi connectivity index (χ1n) is 8.04. The van der Waals surface area contributed by atoms with E-state index in [1.807, 2.05) is 12.1 Å². The number of nitrogens with one attached hydrogen (secondary N) is 1. The molecule has 0 bridgehead atoms. The Kier molecular flexibility index (Phi) is 5.68. The van der Waals surface area contributed by atoms with E-state index in [2.05, 4.69) is 26.3 Å². The number of hydrogen-bond acceptors (Lipinski definition) is 8. The van der Waals surface area contributed by atoms with Crippen molar-refractivity contribution < 1.29 is 9.90 Å². The molecule has 8 nitrogen and oxygen atoms in total. The number of allylic oxidation sites excluding steroid dienone is 1. The van der Waals surface area contributed by atoms with Crippen LogP contribution < -0.4 is 5.32 Å². The standard InChI is InChI=1S/C18H16N6O2S/c1-24-15(17(25)26)11-27-16(24)13(9-19)14-5-8-22-18(23-14)21-7-4-12-3-2-6-20-10-12/h2-3,5-6,8,10-11H,4,7H2,1H3,(H,25,26)(H,21,22,23). The fourth-order valence-electron chi connectivity index (χ4n) is 2.46. The van der Waals surface area contributed by atoms with Gasteiger partial charge >= 0.3 is 5.97 Å². The summed E-state index contributed by atoms with van der Waals surface area (Å²) in [6.07, 6.45) is 5.86. The molecule has 0 saturated carbocycles. The lowest BCUT2D eigenvalue weighted by Crippen LogP contribution is -2.18. The quantitative estimate of drug-likeness (QED) is 0.728. The summed E-state index contributed by atoms with van der Waals surface area (Å²) in [4.78, 5) is 25.3. The molecule has 0 spiro atoms. The third kappa shape index (κ3) is 4.24. The van der Waals surface area contributed by atoms with E-state index in [1.165, 1.54) is 22.1 Å². The van der Waals surface area contributed by atoms with Crippen LogP contribution in [0.1, 0.15) is 11.3 Å². The maximum absolute atomic E-state index is 11.2.